The number of nitrogens with zero attached hydrogens (tertiary/aromatic N) is 2. The molecule has 0 bridgehead atoms. The van der Waals surface area contributed by atoms with E-state index in [2.05, 4.69) is 5.10 Å². The summed E-state index contributed by atoms with van der Waals surface area (Å²) in [5, 5.41) is 15.4. The second kappa shape index (κ2) is 5.79. The van der Waals surface area contributed by atoms with E-state index < -0.39 is 23.7 Å². The molecule has 4 nitrogen and oxygen atoms in total. The van der Waals surface area contributed by atoms with Gasteiger partial charge in [0.2, 0.25) is 0 Å². The molecule has 23 heavy (non-hydrogen) atoms. The molecule has 2 atom stereocenters. The van der Waals surface area contributed by atoms with E-state index in [0.29, 0.717) is 17.0 Å². The summed E-state index contributed by atoms with van der Waals surface area (Å²) < 4.78 is 26.3. The van der Waals surface area contributed by atoms with Crippen molar-refractivity contribution in [1.82, 2.24) is 0 Å². The number of carbonyl (C=O) groups is 1. The van der Waals surface area contributed by atoms with Crippen molar-refractivity contribution in [3.8, 4) is 0 Å². The van der Waals surface area contributed by atoms with Gasteiger partial charge in [0.25, 0.3) is 0 Å². The van der Waals surface area contributed by atoms with Gasteiger partial charge in [-0.1, -0.05) is 12.1 Å². The van der Waals surface area contributed by atoms with E-state index in [1.165, 1.54) is 36.4 Å². The lowest BCUT2D eigenvalue weighted by molar-refractivity contribution is -0.139. The van der Waals surface area contributed by atoms with Gasteiger partial charge in [-0.25, -0.2) is 8.78 Å². The van der Waals surface area contributed by atoms with Gasteiger partial charge in [-0.15, -0.1) is 0 Å². The second-order valence-corrected chi connectivity index (χ2v) is 5.37. The molecule has 2 unspecified atom stereocenters. The number of halogens is 2. The first kappa shape index (κ1) is 15.1. The summed E-state index contributed by atoms with van der Waals surface area (Å²) in [5.41, 5.74) is 1.64. The minimum atomic E-state index is -1.01. The van der Waals surface area contributed by atoms with Crippen molar-refractivity contribution in [2.45, 2.75) is 13.0 Å². The number of rotatable bonds is 3. The van der Waals surface area contributed by atoms with Gasteiger partial charge in [0.05, 0.1) is 17.4 Å². The number of carboxylic acids is 1. The molecule has 0 spiro atoms. The quantitative estimate of drug-likeness (QED) is 0.941. The van der Waals surface area contributed by atoms with Gasteiger partial charge in [0.1, 0.15) is 17.6 Å². The molecule has 0 amide bonds. The van der Waals surface area contributed by atoms with Crippen LogP contribution >= 0.6 is 0 Å². The van der Waals surface area contributed by atoms with Crippen molar-refractivity contribution >= 4 is 17.4 Å². The van der Waals surface area contributed by atoms with E-state index in [1.54, 1.807) is 24.1 Å². The summed E-state index contributed by atoms with van der Waals surface area (Å²) in [6.45, 7) is 1.64. The average Bonchev–Trinajstić information content (AvgIpc) is 2.86. The smallest absolute Gasteiger partial charge is 0.314 e. The first-order chi connectivity index (χ1) is 11.0. The molecule has 2 aromatic rings. The number of aliphatic carboxylic acids is 1. The van der Waals surface area contributed by atoms with Crippen LogP contribution in [0.25, 0.3) is 0 Å². The molecular weight excluding hydrogens is 302 g/mol. The standard InChI is InChI=1S/C17H14F2N2O2/c1-10-15(17(22)23)16(11-2-4-12(18)5-3-11)21(20-10)14-8-6-13(19)7-9-14/h2-9,15-16H,1H3,(H,22,23). The summed E-state index contributed by atoms with van der Waals surface area (Å²) in [7, 11) is 0. The fourth-order valence-electron chi connectivity index (χ4n) is 2.78. The lowest BCUT2D eigenvalue weighted by Crippen LogP contribution is -2.30. The zero-order valence-electron chi connectivity index (χ0n) is 12.3. The third kappa shape index (κ3) is 2.79. The Bertz CT molecular complexity index is 757. The molecule has 0 fully saturated rings. The minimum absolute atomic E-state index is 0.387. The minimum Gasteiger partial charge on any atom is -0.481 e. The normalized spacial score (nSPS) is 20.5. The van der Waals surface area contributed by atoms with Gasteiger partial charge in [0.15, 0.2) is 0 Å². The first-order valence-corrected chi connectivity index (χ1v) is 7.05. The van der Waals surface area contributed by atoms with Gasteiger partial charge in [0, 0.05) is 0 Å². The maximum Gasteiger partial charge on any atom is 0.314 e. The molecule has 0 saturated carbocycles. The van der Waals surface area contributed by atoms with E-state index in [1.807, 2.05) is 0 Å². The maximum absolute atomic E-state index is 13.2. The average molecular weight is 316 g/mol. The Morgan fingerprint density at radius 1 is 1.04 bits per heavy atom. The van der Waals surface area contributed by atoms with Crippen LogP contribution in [0.5, 0.6) is 0 Å². The number of benzene rings is 2. The second-order valence-electron chi connectivity index (χ2n) is 5.37. The monoisotopic (exact) mass is 316 g/mol. The zero-order valence-corrected chi connectivity index (χ0v) is 12.3. The number of hydrogen-bond donors (Lipinski definition) is 1. The largest absolute Gasteiger partial charge is 0.481 e. The van der Waals surface area contributed by atoms with E-state index in [-0.39, 0.29) is 5.82 Å². The van der Waals surface area contributed by atoms with E-state index in [9.17, 15) is 18.7 Å². The maximum atomic E-state index is 13.2. The van der Waals surface area contributed by atoms with Crippen molar-refractivity contribution in [3.05, 3.63) is 65.7 Å². The third-order valence-corrected chi connectivity index (χ3v) is 3.86. The van der Waals surface area contributed by atoms with Crippen LogP contribution in [-0.2, 0) is 4.79 Å². The van der Waals surface area contributed by atoms with Crippen molar-refractivity contribution in [3.63, 3.8) is 0 Å². The summed E-state index contributed by atoms with van der Waals surface area (Å²) >= 11 is 0. The van der Waals surface area contributed by atoms with Crippen LogP contribution < -0.4 is 5.01 Å². The van der Waals surface area contributed by atoms with Crippen LogP contribution in [0.3, 0.4) is 0 Å². The molecule has 1 N–H and O–H groups in total. The molecule has 6 heteroatoms. The first-order valence-electron chi connectivity index (χ1n) is 7.05. The predicted octanol–water partition coefficient (Wildman–Crippen LogP) is 3.60. The van der Waals surface area contributed by atoms with Crippen LogP contribution in [0.2, 0.25) is 0 Å². The van der Waals surface area contributed by atoms with Crippen LogP contribution in [0.15, 0.2) is 53.6 Å². The molecule has 3 rings (SSSR count). The Morgan fingerprint density at radius 3 is 2.09 bits per heavy atom. The molecule has 2 aromatic carbocycles. The topological polar surface area (TPSA) is 52.9 Å². The summed E-state index contributed by atoms with van der Waals surface area (Å²) in [5.74, 6) is -2.65. The fraction of sp³-hybridized carbons (Fsp3) is 0.176. The van der Waals surface area contributed by atoms with Crippen LogP contribution in [0.4, 0.5) is 14.5 Å². The molecule has 1 aliphatic heterocycles. The zero-order chi connectivity index (χ0) is 16.6. The van der Waals surface area contributed by atoms with Crippen LogP contribution in [-0.4, -0.2) is 16.8 Å². The Morgan fingerprint density at radius 2 is 1.57 bits per heavy atom. The summed E-state index contributed by atoms with van der Waals surface area (Å²) in [4.78, 5) is 11.7. The number of hydrazone groups is 1. The number of carboxylic acid groups (broad SMARTS) is 1. The van der Waals surface area contributed by atoms with Crippen molar-refractivity contribution in [2.75, 3.05) is 5.01 Å². The Labute approximate surface area is 131 Å². The molecule has 1 heterocycles. The molecule has 118 valence electrons. The van der Waals surface area contributed by atoms with E-state index in [0.717, 1.165) is 0 Å². The highest BCUT2D eigenvalue weighted by atomic mass is 19.1. The van der Waals surface area contributed by atoms with E-state index in [4.69, 9.17) is 0 Å². The lowest BCUT2D eigenvalue weighted by Gasteiger charge is -2.26. The third-order valence-electron chi connectivity index (χ3n) is 3.86. The molecule has 0 aromatic heterocycles. The van der Waals surface area contributed by atoms with Crippen molar-refractivity contribution < 1.29 is 18.7 Å². The van der Waals surface area contributed by atoms with Gasteiger partial charge >= 0.3 is 5.97 Å². The SMILES string of the molecule is CC1=NN(c2ccc(F)cc2)C(c2ccc(F)cc2)C1C(=O)O. The van der Waals surface area contributed by atoms with Crippen LogP contribution in [0, 0.1) is 17.6 Å². The summed E-state index contributed by atoms with van der Waals surface area (Å²) in [6.07, 6.45) is 0. The van der Waals surface area contributed by atoms with Crippen molar-refractivity contribution in [2.24, 2.45) is 11.0 Å². The fourth-order valence-corrected chi connectivity index (χ4v) is 2.78. The molecular formula is C17H14F2N2O2. The highest BCUT2D eigenvalue weighted by Gasteiger charge is 2.41. The Balaban J connectivity index is 2.07. The van der Waals surface area contributed by atoms with Gasteiger partial charge in [-0.05, 0) is 48.9 Å². The number of anilines is 1. The number of hydrogen-bond acceptors (Lipinski definition) is 3. The molecule has 0 radical (unpaired) electrons. The van der Waals surface area contributed by atoms with Gasteiger partial charge in [-0.2, -0.15) is 5.10 Å². The van der Waals surface area contributed by atoms with E-state index >= 15 is 0 Å². The van der Waals surface area contributed by atoms with Crippen molar-refractivity contribution in [1.29, 1.82) is 0 Å². The Kier molecular flexibility index (Phi) is 3.82. The molecule has 0 aliphatic carbocycles. The predicted molar refractivity (Wildman–Crippen MR) is 82.3 cm³/mol. The van der Waals surface area contributed by atoms with Gasteiger partial charge < -0.3 is 5.11 Å². The lowest BCUT2D eigenvalue weighted by atomic mass is 9.90. The van der Waals surface area contributed by atoms with Crippen LogP contribution in [0.1, 0.15) is 18.5 Å². The molecule has 1 aliphatic rings. The highest BCUT2D eigenvalue weighted by Crippen LogP contribution is 2.39. The Hall–Kier alpha value is -2.76. The van der Waals surface area contributed by atoms with Gasteiger partial charge in [-0.3, -0.25) is 9.80 Å². The summed E-state index contributed by atoms with van der Waals surface area (Å²) in [6, 6.07) is 10.7. The highest BCUT2D eigenvalue weighted by molar-refractivity contribution is 6.03. The molecule has 0 saturated heterocycles.